The second-order valence-corrected chi connectivity index (χ2v) is 23.1. The maximum atomic E-state index is 13.4. The Kier molecular flexibility index (Phi) is 12.8. The van der Waals surface area contributed by atoms with Gasteiger partial charge in [0, 0.05) is 11.1 Å². The van der Waals surface area contributed by atoms with Crippen molar-refractivity contribution < 1.29 is 33.4 Å². The van der Waals surface area contributed by atoms with Gasteiger partial charge in [0.05, 0.1) is 29.8 Å². The smallest absolute Gasteiger partial charge is 0.413 e. The molecule has 4 rings (SSSR count). The second-order valence-electron chi connectivity index (χ2n) is 17.5. The molecule has 3 N–H and O–H groups in total. The van der Waals surface area contributed by atoms with Gasteiger partial charge in [-0.2, -0.15) is 0 Å². The van der Waals surface area contributed by atoms with Crippen molar-refractivity contribution in [1.29, 1.82) is 0 Å². The number of amides is 3. The van der Waals surface area contributed by atoms with Gasteiger partial charge in [-0.1, -0.05) is 71.9 Å². The van der Waals surface area contributed by atoms with Gasteiger partial charge in [-0.25, -0.2) is 14.6 Å². The van der Waals surface area contributed by atoms with E-state index in [0.717, 1.165) is 11.3 Å². The average Bonchev–Trinajstić information content (AvgIpc) is 3.63. The molecule has 0 spiro atoms. The molecule has 1 aromatic heterocycles. The standard InChI is InChI=1S/C40H58N4O7SSi/c1-37(2,3)40(22-21-31(44(40)36(47)48)32(51-53(10,11)39(7,8)9)25-49-30-15-13-12-14-16-30)24-27-17-19-28(20-18-27)41-33(45)23-29-26-52-34(42-29)43-35(46)50-38(4,5)6/h12-20,26,31-32H,21-25H2,1-11H3,(H,41,45)(H,47,48)(H,42,43,46)/t31-,32-,40+/m1/s1. The highest BCUT2D eigenvalue weighted by Crippen LogP contribution is 2.50. The van der Waals surface area contributed by atoms with Gasteiger partial charge >= 0.3 is 12.2 Å². The van der Waals surface area contributed by atoms with E-state index in [0.29, 0.717) is 35.8 Å². The number of para-hydroxylation sites is 1. The lowest BCUT2D eigenvalue weighted by molar-refractivity contribution is -0.115. The lowest BCUT2D eigenvalue weighted by atomic mass is 9.68. The molecule has 1 saturated heterocycles. The third-order valence-electron chi connectivity index (χ3n) is 10.3. The molecule has 2 aromatic carbocycles. The number of benzene rings is 2. The molecule has 0 bridgehead atoms. The Morgan fingerprint density at radius 1 is 0.981 bits per heavy atom. The molecule has 0 saturated carbocycles. The highest BCUT2D eigenvalue weighted by atomic mass is 32.1. The van der Waals surface area contributed by atoms with Gasteiger partial charge in [0.25, 0.3) is 0 Å². The molecule has 290 valence electrons. The summed E-state index contributed by atoms with van der Waals surface area (Å²) in [5.74, 6) is 0.469. The zero-order chi connectivity index (χ0) is 39.4. The summed E-state index contributed by atoms with van der Waals surface area (Å²) < 4.78 is 18.6. The maximum absolute atomic E-state index is 13.4. The number of likely N-dealkylation sites (tertiary alicyclic amines) is 1. The van der Waals surface area contributed by atoms with Gasteiger partial charge in [0.15, 0.2) is 13.4 Å². The van der Waals surface area contributed by atoms with E-state index in [1.807, 2.05) is 54.6 Å². The summed E-state index contributed by atoms with van der Waals surface area (Å²) in [7, 11) is -2.32. The molecule has 11 nitrogen and oxygen atoms in total. The summed E-state index contributed by atoms with van der Waals surface area (Å²) in [4.78, 5) is 44.4. The first-order chi connectivity index (χ1) is 24.5. The summed E-state index contributed by atoms with van der Waals surface area (Å²) in [6, 6.07) is 16.8. The molecule has 0 radical (unpaired) electrons. The van der Waals surface area contributed by atoms with Crippen molar-refractivity contribution in [3.63, 3.8) is 0 Å². The zero-order valence-electron chi connectivity index (χ0n) is 33.2. The Morgan fingerprint density at radius 3 is 2.19 bits per heavy atom. The second kappa shape index (κ2) is 16.2. The molecular formula is C40H58N4O7SSi. The Bertz CT molecular complexity index is 1710. The first kappa shape index (κ1) is 41.8. The molecule has 53 heavy (non-hydrogen) atoms. The fourth-order valence-electron chi connectivity index (χ4n) is 6.53. The number of hydrogen-bond acceptors (Lipinski definition) is 8. The van der Waals surface area contributed by atoms with Crippen LogP contribution in [0.1, 0.15) is 86.4 Å². The molecular weight excluding hydrogens is 709 g/mol. The molecule has 3 amide bonds. The van der Waals surface area contributed by atoms with Crippen LogP contribution in [0, 0.1) is 5.41 Å². The highest BCUT2D eigenvalue weighted by Gasteiger charge is 2.58. The number of thiazole rings is 1. The van der Waals surface area contributed by atoms with Crippen molar-refractivity contribution in [3.05, 3.63) is 71.2 Å². The van der Waals surface area contributed by atoms with Crippen LogP contribution in [0.5, 0.6) is 5.75 Å². The largest absolute Gasteiger partial charge is 0.491 e. The SMILES string of the molecule is CC(C)(C)OC(=O)Nc1nc(CC(=O)Nc2ccc(C[C@]3(C(C)(C)C)CC[C@H]([C@@H](COc4ccccc4)O[Si](C)(C)C(C)(C)C)N3C(=O)O)cc2)cs1. The maximum Gasteiger partial charge on any atom is 0.413 e. The first-order valence-corrected chi connectivity index (χ1v) is 22.0. The van der Waals surface area contributed by atoms with Crippen LogP contribution in [0.25, 0.3) is 0 Å². The van der Waals surface area contributed by atoms with Gasteiger partial charge < -0.3 is 24.3 Å². The number of rotatable bonds is 12. The van der Waals surface area contributed by atoms with Crippen LogP contribution in [0.2, 0.25) is 18.1 Å². The van der Waals surface area contributed by atoms with Gasteiger partial charge in [-0.05, 0) is 93.4 Å². The predicted octanol–water partition coefficient (Wildman–Crippen LogP) is 9.61. The third-order valence-corrected chi connectivity index (χ3v) is 15.6. The number of aromatic nitrogens is 1. The number of carbonyl (C=O) groups is 3. The average molecular weight is 767 g/mol. The Hall–Kier alpha value is -3.94. The monoisotopic (exact) mass is 766 g/mol. The van der Waals surface area contributed by atoms with E-state index in [1.54, 1.807) is 31.1 Å². The number of ether oxygens (including phenoxy) is 2. The molecule has 0 aliphatic carbocycles. The van der Waals surface area contributed by atoms with Crippen LogP contribution in [-0.4, -0.2) is 71.3 Å². The molecule has 13 heteroatoms. The molecule has 1 aliphatic rings. The summed E-state index contributed by atoms with van der Waals surface area (Å²) in [6.07, 6.45) is -0.216. The van der Waals surface area contributed by atoms with E-state index in [2.05, 4.69) is 70.3 Å². The Balaban J connectivity index is 1.51. The number of nitrogens with one attached hydrogen (secondary N) is 2. The fraction of sp³-hybridized carbons (Fsp3) is 0.550. The van der Waals surface area contributed by atoms with E-state index in [4.69, 9.17) is 13.9 Å². The molecule has 3 aromatic rings. The van der Waals surface area contributed by atoms with Gasteiger partial charge in [0.1, 0.15) is 18.0 Å². The van der Waals surface area contributed by atoms with Crippen LogP contribution in [0.4, 0.5) is 20.4 Å². The molecule has 1 fully saturated rings. The van der Waals surface area contributed by atoms with E-state index < -0.39 is 49.2 Å². The minimum absolute atomic E-state index is 0.0302. The predicted molar refractivity (Wildman–Crippen MR) is 214 cm³/mol. The van der Waals surface area contributed by atoms with Crippen LogP contribution in [0.3, 0.4) is 0 Å². The topological polar surface area (TPSA) is 139 Å². The quantitative estimate of drug-likeness (QED) is 0.155. The molecule has 1 aliphatic heterocycles. The van der Waals surface area contributed by atoms with E-state index in [1.165, 1.54) is 11.3 Å². The number of anilines is 2. The minimum Gasteiger partial charge on any atom is -0.491 e. The van der Waals surface area contributed by atoms with Crippen LogP contribution in [-0.2, 0) is 26.8 Å². The highest BCUT2D eigenvalue weighted by molar-refractivity contribution is 7.13. The first-order valence-electron chi connectivity index (χ1n) is 18.2. The van der Waals surface area contributed by atoms with Crippen LogP contribution in [0.15, 0.2) is 60.0 Å². The summed E-state index contributed by atoms with van der Waals surface area (Å²) >= 11 is 1.22. The van der Waals surface area contributed by atoms with Gasteiger partial charge in [0.2, 0.25) is 5.91 Å². The number of carboxylic acid groups (broad SMARTS) is 1. The third kappa shape index (κ3) is 10.8. The molecule has 0 unspecified atom stereocenters. The number of carbonyl (C=O) groups excluding carboxylic acids is 2. The van der Waals surface area contributed by atoms with Crippen LogP contribution < -0.4 is 15.4 Å². The van der Waals surface area contributed by atoms with Crippen LogP contribution >= 0.6 is 11.3 Å². The summed E-state index contributed by atoms with van der Waals surface area (Å²) in [5.41, 5.74) is 0.321. The van der Waals surface area contributed by atoms with Crippen molar-refractivity contribution in [2.24, 2.45) is 5.41 Å². The lowest BCUT2D eigenvalue weighted by Gasteiger charge is -2.50. The fourth-order valence-corrected chi connectivity index (χ4v) is 8.56. The van der Waals surface area contributed by atoms with Crippen molar-refractivity contribution >= 4 is 48.6 Å². The summed E-state index contributed by atoms with van der Waals surface area (Å²) in [6.45, 7) is 22.8. The van der Waals surface area contributed by atoms with Gasteiger partial charge in [-0.15, -0.1) is 11.3 Å². The number of nitrogens with zero attached hydrogens (tertiary/aromatic N) is 2. The van der Waals surface area contributed by atoms with E-state index in [9.17, 15) is 19.5 Å². The normalized spacial score (nSPS) is 18.7. The lowest BCUT2D eigenvalue weighted by Crippen LogP contribution is -2.62. The molecule has 3 atom stereocenters. The number of hydrogen-bond donors (Lipinski definition) is 3. The van der Waals surface area contributed by atoms with E-state index >= 15 is 0 Å². The van der Waals surface area contributed by atoms with Crippen molar-refractivity contribution in [2.45, 2.75) is 129 Å². The van der Waals surface area contributed by atoms with Crippen molar-refractivity contribution in [3.8, 4) is 5.75 Å². The molecule has 2 heterocycles. The van der Waals surface area contributed by atoms with Gasteiger partial charge in [-0.3, -0.25) is 15.0 Å². The Labute approximate surface area is 320 Å². The Morgan fingerprint density at radius 2 is 1.62 bits per heavy atom. The summed E-state index contributed by atoms with van der Waals surface area (Å²) in [5, 5.41) is 18.5. The zero-order valence-corrected chi connectivity index (χ0v) is 35.0. The van der Waals surface area contributed by atoms with Crippen molar-refractivity contribution in [1.82, 2.24) is 9.88 Å². The minimum atomic E-state index is -2.32. The van der Waals surface area contributed by atoms with Crippen molar-refractivity contribution in [2.75, 3.05) is 17.2 Å². The van der Waals surface area contributed by atoms with E-state index in [-0.39, 0.29) is 24.0 Å².